The first-order valence-corrected chi connectivity index (χ1v) is 12.2. The molecule has 2 heterocycles. The summed E-state index contributed by atoms with van der Waals surface area (Å²) in [7, 11) is 0. The molecule has 0 aliphatic heterocycles. The van der Waals surface area contributed by atoms with Crippen molar-refractivity contribution in [1.82, 2.24) is 19.4 Å². The van der Waals surface area contributed by atoms with E-state index < -0.39 is 0 Å². The van der Waals surface area contributed by atoms with Crippen LogP contribution in [0.3, 0.4) is 0 Å². The second-order valence-corrected chi connectivity index (χ2v) is 10.1. The molecule has 4 rings (SSSR count). The van der Waals surface area contributed by atoms with Gasteiger partial charge in [0.25, 0.3) is 5.56 Å². The van der Waals surface area contributed by atoms with Gasteiger partial charge in [0.2, 0.25) is 5.91 Å². The zero-order valence-corrected chi connectivity index (χ0v) is 20.7. The molecule has 0 atom stereocenters. The van der Waals surface area contributed by atoms with Crippen LogP contribution >= 0.6 is 11.8 Å². The number of fused-ring (bicyclic) bond motifs is 1. The molecule has 0 N–H and O–H groups in total. The normalized spacial score (nSPS) is 11.5. The van der Waals surface area contributed by atoms with Gasteiger partial charge < -0.3 is 4.90 Å². The number of aromatic nitrogens is 3. The first-order valence-electron chi connectivity index (χ1n) is 11.2. The third-order valence-electron chi connectivity index (χ3n) is 5.56. The maximum Gasteiger partial charge on any atom is 0.267 e. The Morgan fingerprint density at radius 1 is 1.00 bits per heavy atom. The Morgan fingerprint density at radius 3 is 2.41 bits per heavy atom. The van der Waals surface area contributed by atoms with Crippen LogP contribution in [0.15, 0.2) is 82.9 Å². The van der Waals surface area contributed by atoms with Crippen molar-refractivity contribution in [2.75, 3.05) is 5.75 Å². The van der Waals surface area contributed by atoms with Gasteiger partial charge in [0.05, 0.1) is 16.7 Å². The van der Waals surface area contributed by atoms with E-state index in [9.17, 15) is 9.59 Å². The molecule has 174 valence electrons. The maximum atomic E-state index is 13.5. The van der Waals surface area contributed by atoms with E-state index in [2.05, 4.69) is 4.98 Å². The molecule has 7 heteroatoms. The highest BCUT2D eigenvalue weighted by atomic mass is 32.2. The minimum atomic E-state index is -0.360. The van der Waals surface area contributed by atoms with Gasteiger partial charge in [0.1, 0.15) is 5.82 Å². The van der Waals surface area contributed by atoms with Crippen LogP contribution in [0.1, 0.15) is 31.9 Å². The predicted octanol–water partition coefficient (Wildman–Crippen LogP) is 5.01. The Morgan fingerprint density at radius 2 is 1.71 bits per heavy atom. The topological polar surface area (TPSA) is 68.1 Å². The fraction of sp³-hybridized carbons (Fsp3) is 0.259. The quantitative estimate of drug-likeness (QED) is 0.292. The molecule has 4 aromatic rings. The zero-order valence-electron chi connectivity index (χ0n) is 19.9. The van der Waals surface area contributed by atoms with Crippen molar-refractivity contribution in [1.29, 1.82) is 0 Å². The Hall–Kier alpha value is -3.45. The smallest absolute Gasteiger partial charge is 0.267 e. The summed E-state index contributed by atoms with van der Waals surface area (Å²) in [5, 5.41) is 0.969. The lowest BCUT2D eigenvalue weighted by molar-refractivity contribution is -0.133. The minimum absolute atomic E-state index is 0.0203. The molecular formula is C27H28N4O2S. The summed E-state index contributed by atoms with van der Waals surface area (Å²) in [5.74, 6) is 0.659. The van der Waals surface area contributed by atoms with Gasteiger partial charge in [0.15, 0.2) is 5.16 Å². The van der Waals surface area contributed by atoms with Gasteiger partial charge in [-0.05, 0) is 57.0 Å². The molecule has 0 saturated carbocycles. The minimum Gasteiger partial charge on any atom is -0.333 e. The second-order valence-electron chi connectivity index (χ2n) is 9.12. The van der Waals surface area contributed by atoms with Crippen molar-refractivity contribution < 1.29 is 4.79 Å². The zero-order chi connectivity index (χ0) is 24.3. The number of carbonyl (C=O) groups excluding carboxylic acids is 1. The van der Waals surface area contributed by atoms with Gasteiger partial charge in [-0.2, -0.15) is 0 Å². The molecule has 1 amide bonds. The second kappa shape index (κ2) is 9.81. The lowest BCUT2D eigenvalue weighted by atomic mass is 10.0. The molecule has 0 radical (unpaired) electrons. The number of benzene rings is 2. The van der Waals surface area contributed by atoms with E-state index in [1.165, 1.54) is 16.3 Å². The summed E-state index contributed by atoms with van der Waals surface area (Å²) in [6.45, 7) is 8.51. The summed E-state index contributed by atoms with van der Waals surface area (Å²) in [4.78, 5) is 37.9. The molecular weight excluding hydrogens is 444 g/mol. The Bertz CT molecular complexity index is 1380. The highest BCUT2D eigenvalue weighted by molar-refractivity contribution is 7.99. The lowest BCUT2D eigenvalue weighted by Gasteiger charge is -2.36. The van der Waals surface area contributed by atoms with Crippen LogP contribution in [-0.2, 0) is 11.3 Å². The number of rotatable bonds is 6. The first-order chi connectivity index (χ1) is 16.3. The number of carbonyl (C=O) groups is 1. The summed E-state index contributed by atoms with van der Waals surface area (Å²) in [6.07, 6.45) is 1.66. The third-order valence-corrected chi connectivity index (χ3v) is 6.48. The van der Waals surface area contributed by atoms with E-state index >= 15 is 0 Å². The van der Waals surface area contributed by atoms with Gasteiger partial charge in [-0.1, -0.05) is 60.3 Å². The standard InChI is InChI=1S/C27H28N4O2S/c1-19-11-10-16-28-24(19)31-25(33)21-14-8-9-15-22(21)29-26(31)34-18-23(32)30(27(2,3)4)17-20-12-6-5-7-13-20/h5-16H,17-18H2,1-4H3. The number of thioether (sulfide) groups is 1. The van der Waals surface area contributed by atoms with E-state index in [1.807, 2.05) is 93.3 Å². The average Bonchev–Trinajstić information content (AvgIpc) is 2.82. The Kier molecular flexibility index (Phi) is 6.84. The van der Waals surface area contributed by atoms with Crippen molar-refractivity contribution in [2.24, 2.45) is 0 Å². The van der Waals surface area contributed by atoms with Gasteiger partial charge in [-0.3, -0.25) is 9.59 Å². The summed E-state index contributed by atoms with van der Waals surface area (Å²) >= 11 is 1.26. The molecule has 2 aromatic carbocycles. The number of nitrogens with zero attached hydrogens (tertiary/aromatic N) is 4. The molecule has 0 bridgehead atoms. The fourth-order valence-electron chi connectivity index (χ4n) is 3.78. The van der Waals surface area contributed by atoms with E-state index in [1.54, 1.807) is 12.3 Å². The van der Waals surface area contributed by atoms with Crippen molar-refractivity contribution >= 4 is 28.6 Å². The highest BCUT2D eigenvalue weighted by Crippen LogP contribution is 2.25. The van der Waals surface area contributed by atoms with Crippen molar-refractivity contribution in [3.63, 3.8) is 0 Å². The van der Waals surface area contributed by atoms with Crippen LogP contribution in [0, 0.1) is 6.92 Å². The molecule has 2 aromatic heterocycles. The predicted molar refractivity (Wildman–Crippen MR) is 137 cm³/mol. The van der Waals surface area contributed by atoms with E-state index in [-0.39, 0.29) is 22.8 Å². The summed E-state index contributed by atoms with van der Waals surface area (Å²) in [6, 6.07) is 20.9. The monoisotopic (exact) mass is 472 g/mol. The van der Waals surface area contributed by atoms with Gasteiger partial charge >= 0.3 is 0 Å². The van der Waals surface area contributed by atoms with E-state index in [4.69, 9.17) is 4.98 Å². The van der Waals surface area contributed by atoms with Crippen molar-refractivity contribution in [2.45, 2.75) is 44.9 Å². The van der Waals surface area contributed by atoms with Gasteiger partial charge in [0, 0.05) is 18.3 Å². The number of aryl methyl sites for hydroxylation is 1. The fourth-order valence-corrected chi connectivity index (χ4v) is 4.65. The highest BCUT2D eigenvalue weighted by Gasteiger charge is 2.27. The molecule has 0 fully saturated rings. The van der Waals surface area contributed by atoms with Crippen molar-refractivity contribution in [3.8, 4) is 5.82 Å². The molecule has 34 heavy (non-hydrogen) atoms. The third kappa shape index (κ3) is 5.04. The van der Waals surface area contributed by atoms with Gasteiger partial charge in [-0.25, -0.2) is 14.5 Å². The average molecular weight is 473 g/mol. The van der Waals surface area contributed by atoms with Gasteiger partial charge in [-0.15, -0.1) is 0 Å². The first kappa shape index (κ1) is 23.7. The number of hydrogen-bond acceptors (Lipinski definition) is 5. The van der Waals surface area contributed by atoms with E-state index in [0.717, 1.165) is 11.1 Å². The van der Waals surface area contributed by atoms with Crippen LogP contribution in [0.25, 0.3) is 16.7 Å². The van der Waals surface area contributed by atoms with Crippen LogP contribution in [0.5, 0.6) is 0 Å². The maximum absolute atomic E-state index is 13.5. The molecule has 0 aliphatic carbocycles. The number of pyridine rings is 1. The molecule has 0 aliphatic rings. The molecule has 6 nitrogen and oxygen atoms in total. The molecule has 0 unspecified atom stereocenters. The number of hydrogen-bond donors (Lipinski definition) is 0. The number of amides is 1. The molecule has 0 spiro atoms. The van der Waals surface area contributed by atoms with Crippen LogP contribution in [0.2, 0.25) is 0 Å². The summed E-state index contributed by atoms with van der Waals surface area (Å²) < 4.78 is 1.52. The number of para-hydroxylation sites is 1. The molecule has 0 saturated heterocycles. The lowest BCUT2D eigenvalue weighted by Crippen LogP contribution is -2.46. The summed E-state index contributed by atoms with van der Waals surface area (Å²) in [5.41, 5.74) is 1.97. The van der Waals surface area contributed by atoms with Crippen LogP contribution in [-0.4, -0.2) is 36.6 Å². The Labute approximate surface area is 203 Å². The SMILES string of the molecule is Cc1cccnc1-n1c(SCC(=O)N(Cc2ccccc2)C(C)(C)C)nc2ccccc2c1=O. The van der Waals surface area contributed by atoms with E-state index in [0.29, 0.717) is 28.4 Å². The van der Waals surface area contributed by atoms with Crippen molar-refractivity contribution in [3.05, 3.63) is 94.4 Å². The largest absolute Gasteiger partial charge is 0.333 e. The van der Waals surface area contributed by atoms with Crippen LogP contribution in [0.4, 0.5) is 0 Å². The van der Waals surface area contributed by atoms with Crippen LogP contribution < -0.4 is 5.56 Å². The Balaban J connectivity index is 1.70.